The average molecular weight is 314 g/mol. The molecule has 0 spiro atoms. The Labute approximate surface area is 129 Å². The predicted octanol–water partition coefficient (Wildman–Crippen LogP) is 1.20. The molecular formula is C14H20ClN3O3. The summed E-state index contributed by atoms with van der Waals surface area (Å²) in [5.41, 5.74) is 0.545. The van der Waals surface area contributed by atoms with Crippen molar-refractivity contribution in [2.45, 2.75) is 0 Å². The van der Waals surface area contributed by atoms with Crippen molar-refractivity contribution in [1.82, 2.24) is 10.2 Å². The highest BCUT2D eigenvalue weighted by molar-refractivity contribution is 6.32. The molecule has 1 fully saturated rings. The Kier molecular flexibility index (Phi) is 5.67. The van der Waals surface area contributed by atoms with Crippen molar-refractivity contribution in [2.75, 3.05) is 52.3 Å². The molecule has 1 heterocycles. The number of anilines is 1. The Bertz CT molecular complexity index is 504. The molecule has 6 nitrogen and oxygen atoms in total. The van der Waals surface area contributed by atoms with E-state index < -0.39 is 0 Å². The lowest BCUT2D eigenvalue weighted by molar-refractivity contribution is -0.117. The van der Waals surface area contributed by atoms with Crippen LogP contribution in [0.4, 0.5) is 5.69 Å². The minimum absolute atomic E-state index is 0.0866. The molecule has 7 heteroatoms. The molecule has 1 aliphatic rings. The van der Waals surface area contributed by atoms with Crippen molar-refractivity contribution < 1.29 is 14.3 Å². The number of amides is 1. The lowest BCUT2D eigenvalue weighted by Crippen LogP contribution is -2.46. The van der Waals surface area contributed by atoms with Crippen LogP contribution in [0.25, 0.3) is 0 Å². The van der Waals surface area contributed by atoms with E-state index in [1.165, 1.54) is 14.2 Å². The first-order valence-electron chi connectivity index (χ1n) is 6.78. The summed E-state index contributed by atoms with van der Waals surface area (Å²) in [6.07, 6.45) is 0. The molecule has 1 aliphatic heterocycles. The Hall–Kier alpha value is -1.50. The average Bonchev–Trinajstić information content (AvgIpc) is 2.48. The van der Waals surface area contributed by atoms with Crippen molar-refractivity contribution in [2.24, 2.45) is 0 Å². The zero-order chi connectivity index (χ0) is 15.2. The van der Waals surface area contributed by atoms with Gasteiger partial charge in [0.25, 0.3) is 0 Å². The SMILES string of the molecule is COc1cc(OC)c(NC(=O)CN2CCNCC2)cc1Cl. The number of halogens is 1. The van der Waals surface area contributed by atoms with Gasteiger partial charge in [0.2, 0.25) is 5.91 Å². The van der Waals surface area contributed by atoms with Gasteiger partial charge in [0.15, 0.2) is 0 Å². The summed E-state index contributed by atoms with van der Waals surface area (Å²) < 4.78 is 10.4. The van der Waals surface area contributed by atoms with Crippen LogP contribution >= 0.6 is 11.6 Å². The van der Waals surface area contributed by atoms with E-state index in [-0.39, 0.29) is 5.91 Å². The molecule has 1 aromatic carbocycles. The van der Waals surface area contributed by atoms with Gasteiger partial charge in [-0.1, -0.05) is 11.6 Å². The van der Waals surface area contributed by atoms with Gasteiger partial charge in [-0.05, 0) is 6.07 Å². The van der Waals surface area contributed by atoms with Gasteiger partial charge in [-0.3, -0.25) is 9.69 Å². The number of carbonyl (C=O) groups excluding carboxylic acids is 1. The first-order valence-corrected chi connectivity index (χ1v) is 7.16. The van der Waals surface area contributed by atoms with Crippen LogP contribution < -0.4 is 20.1 Å². The largest absolute Gasteiger partial charge is 0.495 e. The van der Waals surface area contributed by atoms with Crippen LogP contribution in [0, 0.1) is 0 Å². The van der Waals surface area contributed by atoms with Gasteiger partial charge in [0.1, 0.15) is 11.5 Å². The number of hydrogen-bond acceptors (Lipinski definition) is 5. The lowest BCUT2D eigenvalue weighted by Gasteiger charge is -2.26. The molecule has 0 aliphatic carbocycles. The van der Waals surface area contributed by atoms with Gasteiger partial charge in [-0.2, -0.15) is 0 Å². The molecule has 2 N–H and O–H groups in total. The number of hydrogen-bond donors (Lipinski definition) is 2. The van der Waals surface area contributed by atoms with Crippen molar-refractivity contribution >= 4 is 23.2 Å². The molecule has 0 unspecified atom stereocenters. The Morgan fingerprint density at radius 2 is 1.95 bits per heavy atom. The van der Waals surface area contributed by atoms with Crippen molar-refractivity contribution in [3.8, 4) is 11.5 Å². The van der Waals surface area contributed by atoms with E-state index in [9.17, 15) is 4.79 Å². The first-order chi connectivity index (χ1) is 10.1. The molecule has 1 aromatic rings. The smallest absolute Gasteiger partial charge is 0.238 e. The van der Waals surface area contributed by atoms with E-state index >= 15 is 0 Å². The molecule has 0 saturated carbocycles. The van der Waals surface area contributed by atoms with E-state index in [2.05, 4.69) is 15.5 Å². The zero-order valence-electron chi connectivity index (χ0n) is 12.2. The van der Waals surface area contributed by atoms with E-state index in [0.717, 1.165) is 26.2 Å². The zero-order valence-corrected chi connectivity index (χ0v) is 13.0. The van der Waals surface area contributed by atoms with Gasteiger partial charge >= 0.3 is 0 Å². The minimum Gasteiger partial charge on any atom is -0.495 e. The highest BCUT2D eigenvalue weighted by Crippen LogP contribution is 2.35. The maximum Gasteiger partial charge on any atom is 0.238 e. The van der Waals surface area contributed by atoms with Gasteiger partial charge in [0.05, 0.1) is 31.5 Å². The number of carbonyl (C=O) groups is 1. The number of piperazine rings is 1. The highest BCUT2D eigenvalue weighted by atomic mass is 35.5. The number of nitrogens with zero attached hydrogens (tertiary/aromatic N) is 1. The molecule has 2 rings (SSSR count). The monoisotopic (exact) mass is 313 g/mol. The van der Waals surface area contributed by atoms with Crippen molar-refractivity contribution in [3.63, 3.8) is 0 Å². The minimum atomic E-state index is -0.0866. The molecule has 0 atom stereocenters. The third kappa shape index (κ3) is 4.23. The topological polar surface area (TPSA) is 62.8 Å². The highest BCUT2D eigenvalue weighted by Gasteiger charge is 2.16. The molecule has 0 bridgehead atoms. The first kappa shape index (κ1) is 15.9. The Morgan fingerprint density at radius 3 is 2.57 bits per heavy atom. The van der Waals surface area contributed by atoms with Crippen LogP contribution in [-0.2, 0) is 4.79 Å². The fraction of sp³-hybridized carbons (Fsp3) is 0.500. The maximum absolute atomic E-state index is 12.1. The van der Waals surface area contributed by atoms with E-state index in [1.807, 2.05) is 0 Å². The maximum atomic E-state index is 12.1. The summed E-state index contributed by atoms with van der Waals surface area (Å²) >= 11 is 6.08. The summed E-state index contributed by atoms with van der Waals surface area (Å²) in [5.74, 6) is 0.940. The van der Waals surface area contributed by atoms with Crippen LogP contribution in [0.3, 0.4) is 0 Å². The summed E-state index contributed by atoms with van der Waals surface area (Å²) in [6.45, 7) is 3.91. The lowest BCUT2D eigenvalue weighted by atomic mass is 10.2. The second-order valence-corrected chi connectivity index (χ2v) is 5.17. The predicted molar refractivity (Wildman–Crippen MR) is 82.5 cm³/mol. The summed E-state index contributed by atoms with van der Waals surface area (Å²) in [6, 6.07) is 3.29. The molecular weight excluding hydrogens is 294 g/mol. The van der Waals surface area contributed by atoms with Crippen molar-refractivity contribution in [3.05, 3.63) is 17.2 Å². The van der Waals surface area contributed by atoms with Crippen LogP contribution in [0.5, 0.6) is 11.5 Å². The number of rotatable bonds is 5. The fourth-order valence-corrected chi connectivity index (χ4v) is 2.46. The summed E-state index contributed by atoms with van der Waals surface area (Å²) in [7, 11) is 3.07. The molecule has 116 valence electrons. The molecule has 1 saturated heterocycles. The van der Waals surface area contributed by atoms with Crippen LogP contribution in [-0.4, -0.2) is 57.8 Å². The number of ether oxygens (including phenoxy) is 2. The Morgan fingerprint density at radius 1 is 1.29 bits per heavy atom. The Balaban J connectivity index is 2.03. The standard InChI is InChI=1S/C14H20ClN3O3/c1-20-12-8-13(21-2)11(7-10(12)15)17-14(19)9-18-5-3-16-4-6-18/h7-8,16H,3-6,9H2,1-2H3,(H,17,19). The van der Waals surface area contributed by atoms with Gasteiger partial charge < -0.3 is 20.1 Å². The molecule has 0 radical (unpaired) electrons. The summed E-state index contributed by atoms with van der Waals surface area (Å²) in [4.78, 5) is 14.2. The van der Waals surface area contributed by atoms with Gasteiger partial charge in [-0.25, -0.2) is 0 Å². The molecule has 0 aromatic heterocycles. The molecule has 21 heavy (non-hydrogen) atoms. The van der Waals surface area contributed by atoms with E-state index in [1.54, 1.807) is 12.1 Å². The van der Waals surface area contributed by atoms with E-state index in [4.69, 9.17) is 21.1 Å². The van der Waals surface area contributed by atoms with Gasteiger partial charge in [0, 0.05) is 32.2 Å². The second kappa shape index (κ2) is 7.49. The number of nitrogens with one attached hydrogen (secondary N) is 2. The normalized spacial score (nSPS) is 15.6. The van der Waals surface area contributed by atoms with Crippen molar-refractivity contribution in [1.29, 1.82) is 0 Å². The summed E-state index contributed by atoms with van der Waals surface area (Å²) in [5, 5.41) is 6.51. The number of methoxy groups -OCH3 is 2. The number of benzene rings is 1. The van der Waals surface area contributed by atoms with Gasteiger partial charge in [-0.15, -0.1) is 0 Å². The third-order valence-electron chi connectivity index (χ3n) is 3.32. The van der Waals surface area contributed by atoms with Crippen LogP contribution in [0.2, 0.25) is 5.02 Å². The second-order valence-electron chi connectivity index (χ2n) is 4.76. The quantitative estimate of drug-likeness (QED) is 0.855. The van der Waals surface area contributed by atoms with E-state index in [0.29, 0.717) is 28.8 Å². The van der Waals surface area contributed by atoms with Crippen LogP contribution in [0.1, 0.15) is 0 Å². The fourth-order valence-electron chi connectivity index (χ4n) is 2.22. The molecule has 1 amide bonds. The van der Waals surface area contributed by atoms with Crippen LogP contribution in [0.15, 0.2) is 12.1 Å². The third-order valence-corrected chi connectivity index (χ3v) is 3.62.